The number of nitrogen functional groups attached to an aromatic ring is 1. The van der Waals surface area contributed by atoms with Gasteiger partial charge in [-0.05, 0) is 36.2 Å². The topological polar surface area (TPSA) is 38.0 Å². The van der Waals surface area contributed by atoms with Crippen LogP contribution in [0.2, 0.25) is 0 Å². The molecule has 3 heteroatoms. The number of nitrogens with one attached hydrogen (secondary N) is 1. The first-order valence-electron chi connectivity index (χ1n) is 5.58. The molecule has 0 bridgehead atoms. The minimum absolute atomic E-state index is 0.228. The van der Waals surface area contributed by atoms with Crippen molar-refractivity contribution in [3.8, 4) is 0 Å². The zero-order chi connectivity index (χ0) is 12.1. The molecule has 2 nitrogen and oxygen atoms in total. The molecule has 17 heavy (non-hydrogen) atoms. The molecule has 0 aliphatic carbocycles. The first-order valence-corrected chi connectivity index (χ1v) is 5.58. The van der Waals surface area contributed by atoms with Gasteiger partial charge in [-0.25, -0.2) is 4.39 Å². The summed E-state index contributed by atoms with van der Waals surface area (Å²) in [4.78, 5) is 0. The van der Waals surface area contributed by atoms with Gasteiger partial charge in [0.05, 0.1) is 0 Å². The summed E-state index contributed by atoms with van der Waals surface area (Å²) >= 11 is 0. The summed E-state index contributed by atoms with van der Waals surface area (Å²) in [6, 6.07) is 14.2. The Kier molecular flexibility index (Phi) is 3.60. The predicted molar refractivity (Wildman–Crippen MR) is 69.4 cm³/mol. The van der Waals surface area contributed by atoms with Gasteiger partial charge < -0.3 is 11.1 Å². The van der Waals surface area contributed by atoms with Crippen LogP contribution in [0.1, 0.15) is 5.56 Å². The molecule has 2 aromatic carbocycles. The minimum atomic E-state index is -0.228. The van der Waals surface area contributed by atoms with Crippen LogP contribution in [0.15, 0.2) is 48.5 Å². The highest BCUT2D eigenvalue weighted by atomic mass is 19.1. The highest BCUT2D eigenvalue weighted by Crippen LogP contribution is 2.12. The third kappa shape index (κ3) is 3.21. The monoisotopic (exact) mass is 230 g/mol. The van der Waals surface area contributed by atoms with E-state index >= 15 is 0 Å². The number of hydrogen-bond acceptors (Lipinski definition) is 2. The lowest BCUT2D eigenvalue weighted by Gasteiger charge is -2.08. The molecule has 0 spiro atoms. The van der Waals surface area contributed by atoms with E-state index in [1.54, 1.807) is 6.07 Å². The van der Waals surface area contributed by atoms with Gasteiger partial charge in [0.2, 0.25) is 0 Å². The van der Waals surface area contributed by atoms with Crippen molar-refractivity contribution in [1.82, 2.24) is 0 Å². The summed E-state index contributed by atoms with van der Waals surface area (Å²) < 4.78 is 12.9. The number of para-hydroxylation sites is 1. The molecule has 2 aromatic rings. The Morgan fingerprint density at radius 3 is 2.65 bits per heavy atom. The predicted octanol–water partition coefficient (Wildman–Crippen LogP) is 3.06. The van der Waals surface area contributed by atoms with Crippen molar-refractivity contribution in [3.63, 3.8) is 0 Å². The van der Waals surface area contributed by atoms with Gasteiger partial charge in [0.1, 0.15) is 5.82 Å². The summed E-state index contributed by atoms with van der Waals surface area (Å²) in [6.07, 6.45) is 0.823. The summed E-state index contributed by atoms with van der Waals surface area (Å²) in [5.74, 6) is -0.228. The van der Waals surface area contributed by atoms with Gasteiger partial charge in [-0.15, -0.1) is 0 Å². The standard InChI is InChI=1S/C14H15FN2/c15-12-5-3-6-13(10-12)17-9-8-11-4-1-2-7-14(11)16/h1-7,10,17H,8-9,16H2. The second-order valence-corrected chi connectivity index (χ2v) is 3.89. The molecule has 2 rings (SSSR count). The Morgan fingerprint density at radius 1 is 1.06 bits per heavy atom. The Labute approximate surface area is 100 Å². The second-order valence-electron chi connectivity index (χ2n) is 3.89. The zero-order valence-corrected chi connectivity index (χ0v) is 9.49. The van der Waals surface area contributed by atoms with Crippen LogP contribution >= 0.6 is 0 Å². The lowest BCUT2D eigenvalue weighted by atomic mass is 10.1. The molecule has 88 valence electrons. The number of benzene rings is 2. The van der Waals surface area contributed by atoms with Gasteiger partial charge in [-0.2, -0.15) is 0 Å². The van der Waals surface area contributed by atoms with Crippen molar-refractivity contribution in [2.45, 2.75) is 6.42 Å². The maximum absolute atomic E-state index is 12.9. The molecular formula is C14H15FN2. The van der Waals surface area contributed by atoms with Gasteiger partial charge in [0, 0.05) is 17.9 Å². The van der Waals surface area contributed by atoms with Crippen molar-refractivity contribution < 1.29 is 4.39 Å². The van der Waals surface area contributed by atoms with Gasteiger partial charge in [-0.1, -0.05) is 24.3 Å². The van der Waals surface area contributed by atoms with Crippen LogP contribution in [0.5, 0.6) is 0 Å². The van der Waals surface area contributed by atoms with E-state index in [4.69, 9.17) is 5.73 Å². The number of halogens is 1. The minimum Gasteiger partial charge on any atom is -0.399 e. The van der Waals surface area contributed by atoms with Gasteiger partial charge in [-0.3, -0.25) is 0 Å². The fraction of sp³-hybridized carbons (Fsp3) is 0.143. The van der Waals surface area contributed by atoms with Crippen LogP contribution in [0.4, 0.5) is 15.8 Å². The highest BCUT2D eigenvalue weighted by molar-refractivity contribution is 5.47. The maximum atomic E-state index is 12.9. The van der Waals surface area contributed by atoms with Gasteiger partial charge in [0.25, 0.3) is 0 Å². The van der Waals surface area contributed by atoms with Gasteiger partial charge in [0.15, 0.2) is 0 Å². The van der Waals surface area contributed by atoms with Gasteiger partial charge >= 0.3 is 0 Å². The lowest BCUT2D eigenvalue weighted by molar-refractivity contribution is 0.628. The van der Waals surface area contributed by atoms with Crippen molar-refractivity contribution in [2.24, 2.45) is 0 Å². The van der Waals surface area contributed by atoms with E-state index in [1.807, 2.05) is 30.3 Å². The second kappa shape index (κ2) is 5.34. The molecule has 0 aromatic heterocycles. The molecule has 0 radical (unpaired) electrons. The van der Waals surface area contributed by atoms with Crippen LogP contribution in [0.3, 0.4) is 0 Å². The molecule has 0 heterocycles. The fourth-order valence-corrected chi connectivity index (χ4v) is 1.70. The normalized spacial score (nSPS) is 10.2. The third-order valence-corrected chi connectivity index (χ3v) is 2.60. The Hall–Kier alpha value is -2.03. The molecule has 0 saturated carbocycles. The van der Waals surface area contributed by atoms with E-state index in [1.165, 1.54) is 12.1 Å². The van der Waals surface area contributed by atoms with E-state index in [9.17, 15) is 4.39 Å². The molecule has 0 amide bonds. The average Bonchev–Trinajstić information content (AvgIpc) is 2.32. The molecule has 0 saturated heterocycles. The van der Waals surface area contributed by atoms with Crippen molar-refractivity contribution >= 4 is 11.4 Å². The zero-order valence-electron chi connectivity index (χ0n) is 9.49. The number of nitrogens with two attached hydrogens (primary N) is 1. The molecule has 0 fully saturated rings. The van der Waals surface area contributed by atoms with Crippen molar-refractivity contribution in [2.75, 3.05) is 17.6 Å². The molecule has 0 aliphatic rings. The SMILES string of the molecule is Nc1ccccc1CCNc1cccc(F)c1. The van der Waals surface area contributed by atoms with E-state index in [0.717, 1.165) is 29.9 Å². The molecule has 0 unspecified atom stereocenters. The summed E-state index contributed by atoms with van der Waals surface area (Å²) in [6.45, 7) is 0.734. The number of rotatable bonds is 4. The lowest BCUT2D eigenvalue weighted by Crippen LogP contribution is -2.06. The van der Waals surface area contributed by atoms with Crippen LogP contribution in [0.25, 0.3) is 0 Å². The Balaban J connectivity index is 1.90. The van der Waals surface area contributed by atoms with E-state index in [-0.39, 0.29) is 5.82 Å². The van der Waals surface area contributed by atoms with Crippen LogP contribution in [-0.2, 0) is 6.42 Å². The first kappa shape index (κ1) is 11.5. The molecule has 0 aliphatic heterocycles. The largest absolute Gasteiger partial charge is 0.399 e. The van der Waals surface area contributed by atoms with Crippen LogP contribution in [-0.4, -0.2) is 6.54 Å². The number of anilines is 2. The summed E-state index contributed by atoms with van der Waals surface area (Å²) in [5, 5.41) is 3.17. The third-order valence-electron chi connectivity index (χ3n) is 2.60. The van der Waals surface area contributed by atoms with Crippen LogP contribution in [0, 0.1) is 5.82 Å². The quantitative estimate of drug-likeness (QED) is 0.792. The smallest absolute Gasteiger partial charge is 0.125 e. The van der Waals surface area contributed by atoms with E-state index < -0.39 is 0 Å². The first-order chi connectivity index (χ1) is 8.25. The summed E-state index contributed by atoms with van der Waals surface area (Å²) in [7, 11) is 0. The molecule has 0 atom stereocenters. The van der Waals surface area contributed by atoms with Crippen molar-refractivity contribution in [1.29, 1.82) is 0 Å². The van der Waals surface area contributed by atoms with Crippen molar-refractivity contribution in [3.05, 3.63) is 59.9 Å². The fourth-order valence-electron chi connectivity index (χ4n) is 1.70. The maximum Gasteiger partial charge on any atom is 0.125 e. The Morgan fingerprint density at radius 2 is 1.88 bits per heavy atom. The van der Waals surface area contributed by atoms with E-state index in [0.29, 0.717) is 0 Å². The van der Waals surface area contributed by atoms with Crippen LogP contribution < -0.4 is 11.1 Å². The highest BCUT2D eigenvalue weighted by Gasteiger charge is 1.98. The number of hydrogen-bond donors (Lipinski definition) is 2. The summed E-state index contributed by atoms with van der Waals surface area (Å²) in [5.41, 5.74) is 8.53. The average molecular weight is 230 g/mol. The molecular weight excluding hydrogens is 215 g/mol. The van der Waals surface area contributed by atoms with E-state index in [2.05, 4.69) is 5.32 Å². The Bertz CT molecular complexity index is 497. The molecule has 3 N–H and O–H groups in total.